The zero-order valence-corrected chi connectivity index (χ0v) is 13.7. The Morgan fingerprint density at radius 1 is 1.40 bits per heavy atom. The summed E-state index contributed by atoms with van der Waals surface area (Å²) in [6.45, 7) is 11.8. The minimum atomic E-state index is 0.0874. The molecule has 1 rings (SSSR count). The highest BCUT2D eigenvalue weighted by molar-refractivity contribution is 5.79. The van der Waals surface area contributed by atoms with E-state index in [0.717, 1.165) is 38.5 Å². The molecule has 2 unspecified atom stereocenters. The van der Waals surface area contributed by atoms with Gasteiger partial charge in [0.2, 0.25) is 0 Å². The third-order valence-electron chi connectivity index (χ3n) is 3.53. The molecular weight excluding hydrogens is 254 g/mol. The van der Waals surface area contributed by atoms with Crippen molar-refractivity contribution in [3.05, 3.63) is 0 Å². The molecular formula is C15H31N3O2. The van der Waals surface area contributed by atoms with E-state index in [1.807, 2.05) is 0 Å². The van der Waals surface area contributed by atoms with Gasteiger partial charge in [0.25, 0.3) is 0 Å². The van der Waals surface area contributed by atoms with Crippen molar-refractivity contribution in [2.75, 3.05) is 33.4 Å². The second-order valence-corrected chi connectivity index (χ2v) is 6.33. The third-order valence-corrected chi connectivity index (χ3v) is 3.53. The van der Waals surface area contributed by atoms with Crippen LogP contribution in [0.3, 0.4) is 0 Å². The Bertz CT molecular complexity index is 294. The van der Waals surface area contributed by atoms with Crippen LogP contribution in [-0.2, 0) is 9.47 Å². The Balaban J connectivity index is 2.48. The first kappa shape index (κ1) is 17.2. The van der Waals surface area contributed by atoms with Crippen LogP contribution in [0.15, 0.2) is 4.99 Å². The zero-order chi connectivity index (χ0) is 15.0. The van der Waals surface area contributed by atoms with Crippen LogP contribution in [0.1, 0.15) is 40.5 Å². The molecule has 20 heavy (non-hydrogen) atoms. The summed E-state index contributed by atoms with van der Waals surface area (Å²) in [5.41, 5.74) is 0.0874. The Morgan fingerprint density at radius 2 is 2.15 bits per heavy atom. The summed E-state index contributed by atoms with van der Waals surface area (Å²) in [4.78, 5) is 4.63. The van der Waals surface area contributed by atoms with E-state index >= 15 is 0 Å². The molecule has 0 aromatic heterocycles. The lowest BCUT2D eigenvalue weighted by atomic mass is 9.89. The molecule has 0 radical (unpaired) electrons. The summed E-state index contributed by atoms with van der Waals surface area (Å²) in [5.74, 6) is 0.842. The van der Waals surface area contributed by atoms with Gasteiger partial charge in [0, 0.05) is 26.8 Å². The largest absolute Gasteiger partial charge is 0.379 e. The van der Waals surface area contributed by atoms with Gasteiger partial charge in [-0.3, -0.25) is 4.99 Å². The van der Waals surface area contributed by atoms with Crippen molar-refractivity contribution < 1.29 is 9.47 Å². The number of methoxy groups -OCH3 is 1. The predicted octanol–water partition coefficient (Wildman–Crippen LogP) is 1.78. The van der Waals surface area contributed by atoms with Gasteiger partial charge in [-0.2, -0.15) is 0 Å². The maximum Gasteiger partial charge on any atom is 0.191 e. The van der Waals surface area contributed by atoms with Crippen molar-refractivity contribution >= 4 is 5.96 Å². The van der Waals surface area contributed by atoms with Crippen LogP contribution in [-0.4, -0.2) is 51.5 Å². The summed E-state index contributed by atoms with van der Waals surface area (Å²) in [6.07, 6.45) is 2.73. The van der Waals surface area contributed by atoms with Crippen LogP contribution in [0.2, 0.25) is 0 Å². The smallest absolute Gasteiger partial charge is 0.191 e. The van der Waals surface area contributed by atoms with E-state index in [1.165, 1.54) is 0 Å². The van der Waals surface area contributed by atoms with Gasteiger partial charge in [-0.15, -0.1) is 0 Å². The first-order valence-corrected chi connectivity index (χ1v) is 7.64. The molecule has 5 heteroatoms. The zero-order valence-electron chi connectivity index (χ0n) is 13.7. The van der Waals surface area contributed by atoms with E-state index in [-0.39, 0.29) is 11.5 Å². The van der Waals surface area contributed by atoms with Crippen molar-refractivity contribution in [3.8, 4) is 0 Å². The van der Waals surface area contributed by atoms with Crippen LogP contribution in [0.25, 0.3) is 0 Å². The van der Waals surface area contributed by atoms with Gasteiger partial charge in [-0.1, -0.05) is 20.8 Å². The van der Waals surface area contributed by atoms with Gasteiger partial charge in [-0.05, 0) is 25.2 Å². The van der Waals surface area contributed by atoms with Crippen LogP contribution < -0.4 is 10.6 Å². The van der Waals surface area contributed by atoms with E-state index in [2.05, 4.69) is 43.3 Å². The molecule has 1 aliphatic heterocycles. The van der Waals surface area contributed by atoms with Crippen LogP contribution >= 0.6 is 0 Å². The molecule has 0 amide bonds. The summed E-state index contributed by atoms with van der Waals surface area (Å²) in [5, 5.41) is 6.62. The minimum absolute atomic E-state index is 0.0874. The topological polar surface area (TPSA) is 54.9 Å². The first-order chi connectivity index (χ1) is 9.47. The molecule has 0 saturated carbocycles. The van der Waals surface area contributed by atoms with Gasteiger partial charge >= 0.3 is 0 Å². The van der Waals surface area contributed by atoms with Crippen molar-refractivity contribution in [1.82, 2.24) is 10.6 Å². The van der Waals surface area contributed by atoms with Crippen molar-refractivity contribution in [1.29, 1.82) is 0 Å². The van der Waals surface area contributed by atoms with Gasteiger partial charge in [0.1, 0.15) is 0 Å². The molecule has 1 saturated heterocycles. The Labute approximate surface area is 123 Å². The highest BCUT2D eigenvalue weighted by atomic mass is 16.5. The van der Waals surface area contributed by atoms with E-state index in [4.69, 9.17) is 9.47 Å². The number of rotatable bonds is 6. The van der Waals surface area contributed by atoms with E-state index < -0.39 is 0 Å². The van der Waals surface area contributed by atoms with Crippen molar-refractivity contribution in [2.45, 2.75) is 52.7 Å². The summed E-state index contributed by atoms with van der Waals surface area (Å²) >= 11 is 0. The highest BCUT2D eigenvalue weighted by Gasteiger charge is 2.24. The number of nitrogens with zero attached hydrogens (tertiary/aromatic N) is 1. The average Bonchev–Trinajstić information content (AvgIpc) is 2.88. The average molecular weight is 285 g/mol. The number of guanidine groups is 1. The lowest BCUT2D eigenvalue weighted by Crippen LogP contribution is -2.42. The normalized spacial score (nSPS) is 21.9. The summed E-state index contributed by atoms with van der Waals surface area (Å²) in [7, 11) is 1.75. The standard InChI is InChI=1S/C15H31N3O2/c1-6-16-14(17-10-12-8-7-9-20-12)18-11-13(19-5)15(2,3)4/h12-13H,6-11H2,1-5H3,(H2,16,17,18). The maximum absolute atomic E-state index is 5.61. The number of hydrogen-bond donors (Lipinski definition) is 2. The Morgan fingerprint density at radius 3 is 2.65 bits per heavy atom. The molecule has 2 N–H and O–H groups in total. The number of nitrogens with one attached hydrogen (secondary N) is 2. The number of hydrogen-bond acceptors (Lipinski definition) is 3. The lowest BCUT2D eigenvalue weighted by Gasteiger charge is -2.28. The molecule has 0 aromatic carbocycles. The minimum Gasteiger partial charge on any atom is -0.379 e. The molecule has 118 valence electrons. The second-order valence-electron chi connectivity index (χ2n) is 6.33. The molecule has 0 aromatic rings. The molecule has 0 bridgehead atoms. The molecule has 2 atom stereocenters. The summed E-state index contributed by atoms with van der Waals surface area (Å²) in [6, 6.07) is 0. The predicted molar refractivity (Wildman–Crippen MR) is 83.2 cm³/mol. The molecule has 0 aliphatic carbocycles. The fraction of sp³-hybridized carbons (Fsp3) is 0.933. The summed E-state index contributed by atoms with van der Waals surface area (Å²) < 4.78 is 11.1. The molecule has 1 aliphatic rings. The quantitative estimate of drug-likeness (QED) is 0.577. The number of ether oxygens (including phenoxy) is 2. The maximum atomic E-state index is 5.61. The van der Waals surface area contributed by atoms with Crippen molar-refractivity contribution in [3.63, 3.8) is 0 Å². The highest BCUT2D eigenvalue weighted by Crippen LogP contribution is 2.21. The van der Waals surface area contributed by atoms with Crippen molar-refractivity contribution in [2.24, 2.45) is 10.4 Å². The first-order valence-electron chi connectivity index (χ1n) is 7.64. The van der Waals surface area contributed by atoms with E-state index in [9.17, 15) is 0 Å². The fourth-order valence-corrected chi connectivity index (χ4v) is 2.23. The van der Waals surface area contributed by atoms with Crippen LogP contribution in [0, 0.1) is 5.41 Å². The van der Waals surface area contributed by atoms with Gasteiger partial charge < -0.3 is 20.1 Å². The molecule has 1 heterocycles. The monoisotopic (exact) mass is 285 g/mol. The number of aliphatic imine (C=N–C) groups is 1. The van der Waals surface area contributed by atoms with E-state index in [1.54, 1.807) is 7.11 Å². The fourth-order valence-electron chi connectivity index (χ4n) is 2.23. The SMILES string of the molecule is CCNC(=NCC(OC)C(C)(C)C)NCC1CCCO1. The van der Waals surface area contributed by atoms with Gasteiger partial charge in [0.15, 0.2) is 5.96 Å². The second kappa shape index (κ2) is 8.47. The Kier molecular flexibility index (Phi) is 7.30. The van der Waals surface area contributed by atoms with Crippen LogP contribution in [0.5, 0.6) is 0 Å². The molecule has 1 fully saturated rings. The van der Waals surface area contributed by atoms with E-state index in [0.29, 0.717) is 12.6 Å². The van der Waals surface area contributed by atoms with Gasteiger partial charge in [0.05, 0.1) is 18.8 Å². The Hall–Kier alpha value is -0.810. The third kappa shape index (κ3) is 6.09. The molecule has 0 spiro atoms. The van der Waals surface area contributed by atoms with Crippen LogP contribution in [0.4, 0.5) is 0 Å². The van der Waals surface area contributed by atoms with Gasteiger partial charge in [-0.25, -0.2) is 0 Å². The molecule has 5 nitrogen and oxygen atoms in total. The lowest BCUT2D eigenvalue weighted by molar-refractivity contribution is 0.0241.